The number of nitrogen functional groups attached to an aromatic ring is 1. The van der Waals surface area contributed by atoms with E-state index in [-0.39, 0.29) is 6.03 Å². The van der Waals surface area contributed by atoms with Crippen molar-refractivity contribution in [2.45, 2.75) is 26.2 Å². The number of nitrogens with one attached hydrogen (secondary N) is 1. The summed E-state index contributed by atoms with van der Waals surface area (Å²) in [5.74, 6) is 0. The number of thiophene rings is 1. The molecule has 1 aliphatic rings. The van der Waals surface area contributed by atoms with Gasteiger partial charge in [0.2, 0.25) is 0 Å². The number of rotatable bonds is 3. The van der Waals surface area contributed by atoms with Crippen LogP contribution >= 0.6 is 11.3 Å². The third kappa shape index (κ3) is 3.42. The van der Waals surface area contributed by atoms with E-state index in [1.165, 1.54) is 10.4 Å². The van der Waals surface area contributed by atoms with Gasteiger partial charge in [-0.05, 0) is 54.5 Å². The predicted octanol–water partition coefficient (Wildman–Crippen LogP) is 3.86. The number of carbonyl (C=O) groups excluding carboxylic acids is 1. The minimum Gasteiger partial charge on any atom is -0.397 e. The maximum absolute atomic E-state index is 12.2. The number of hydrogen-bond donors (Lipinski definition) is 2. The molecule has 4 nitrogen and oxygen atoms in total. The van der Waals surface area contributed by atoms with E-state index in [2.05, 4.69) is 23.7 Å². The Bertz CT molecular complexity index is 674. The van der Waals surface area contributed by atoms with Gasteiger partial charge in [-0.1, -0.05) is 6.07 Å². The molecule has 1 aliphatic heterocycles. The van der Waals surface area contributed by atoms with Gasteiger partial charge >= 0.3 is 6.03 Å². The molecule has 2 amide bonds. The smallest absolute Gasteiger partial charge is 0.321 e. The van der Waals surface area contributed by atoms with Crippen molar-refractivity contribution < 1.29 is 4.79 Å². The Hall–Kier alpha value is -2.01. The van der Waals surface area contributed by atoms with Crippen LogP contribution in [0.15, 0.2) is 29.6 Å². The van der Waals surface area contributed by atoms with Gasteiger partial charge in [-0.3, -0.25) is 0 Å². The van der Waals surface area contributed by atoms with Crippen LogP contribution in [0.1, 0.15) is 28.8 Å². The second-order valence-corrected chi connectivity index (χ2v) is 6.81. The number of amides is 2. The summed E-state index contributed by atoms with van der Waals surface area (Å²) in [5.41, 5.74) is 9.77. The lowest BCUT2D eigenvalue weighted by molar-refractivity contribution is 0.222. The van der Waals surface area contributed by atoms with Crippen LogP contribution < -0.4 is 11.1 Å². The van der Waals surface area contributed by atoms with Gasteiger partial charge in [0.25, 0.3) is 0 Å². The second-order valence-electron chi connectivity index (χ2n) is 5.81. The van der Waals surface area contributed by atoms with Crippen molar-refractivity contribution in [3.63, 3.8) is 0 Å². The summed E-state index contributed by atoms with van der Waals surface area (Å²) in [6, 6.07) is 8.03. The molecule has 1 fully saturated rings. The first-order valence-electron chi connectivity index (χ1n) is 7.60. The normalized spacial score (nSPS) is 14.3. The highest BCUT2D eigenvalue weighted by Crippen LogP contribution is 2.24. The van der Waals surface area contributed by atoms with E-state index < -0.39 is 0 Å². The van der Waals surface area contributed by atoms with E-state index in [9.17, 15) is 4.79 Å². The first-order chi connectivity index (χ1) is 10.6. The Morgan fingerprint density at radius 2 is 2.09 bits per heavy atom. The minimum absolute atomic E-state index is 0.0479. The summed E-state index contributed by atoms with van der Waals surface area (Å²) in [5, 5.41) is 5.10. The van der Waals surface area contributed by atoms with Gasteiger partial charge in [-0.2, -0.15) is 0 Å². The molecule has 0 radical (unpaired) electrons. The van der Waals surface area contributed by atoms with Crippen LogP contribution in [0.4, 0.5) is 16.2 Å². The van der Waals surface area contributed by atoms with Crippen LogP contribution in [-0.4, -0.2) is 24.0 Å². The van der Waals surface area contributed by atoms with Gasteiger partial charge in [-0.25, -0.2) is 4.79 Å². The zero-order valence-electron chi connectivity index (χ0n) is 12.8. The van der Waals surface area contributed by atoms with Crippen molar-refractivity contribution in [3.05, 3.63) is 45.6 Å². The largest absolute Gasteiger partial charge is 0.397 e. The minimum atomic E-state index is -0.0479. The highest BCUT2D eigenvalue weighted by Gasteiger charge is 2.18. The standard InChI is InChI=1S/C17H21N3OS/c1-12-8-14(22-11-12)9-13-4-5-15(18)16(10-13)19-17(21)20-6-2-3-7-20/h4-5,8,10-11H,2-3,6-7,9,18H2,1H3,(H,19,21). The molecule has 0 aliphatic carbocycles. The van der Waals surface area contributed by atoms with Crippen LogP contribution in [0.25, 0.3) is 0 Å². The van der Waals surface area contributed by atoms with Crippen LogP contribution in [0.2, 0.25) is 0 Å². The molecule has 1 aromatic carbocycles. The van der Waals surface area contributed by atoms with Gasteiger partial charge in [-0.15, -0.1) is 11.3 Å². The van der Waals surface area contributed by atoms with E-state index in [4.69, 9.17) is 5.73 Å². The van der Waals surface area contributed by atoms with Crippen LogP contribution in [0, 0.1) is 6.92 Å². The molecular formula is C17H21N3OS. The van der Waals surface area contributed by atoms with Gasteiger partial charge in [0.05, 0.1) is 11.4 Å². The van der Waals surface area contributed by atoms with Crippen molar-refractivity contribution in [3.8, 4) is 0 Å². The number of aryl methyl sites for hydroxylation is 1. The van der Waals surface area contributed by atoms with E-state index in [0.717, 1.165) is 37.9 Å². The summed E-state index contributed by atoms with van der Waals surface area (Å²) in [6.45, 7) is 3.77. The third-order valence-electron chi connectivity index (χ3n) is 3.92. The van der Waals surface area contributed by atoms with Gasteiger partial charge < -0.3 is 16.0 Å². The van der Waals surface area contributed by atoms with Crippen LogP contribution in [-0.2, 0) is 6.42 Å². The fraction of sp³-hybridized carbons (Fsp3) is 0.353. The summed E-state index contributed by atoms with van der Waals surface area (Å²) in [7, 11) is 0. The van der Waals surface area contributed by atoms with E-state index in [1.807, 2.05) is 23.1 Å². The SMILES string of the molecule is Cc1csc(Cc2ccc(N)c(NC(=O)N3CCCC3)c2)c1. The molecule has 116 valence electrons. The zero-order valence-corrected chi connectivity index (χ0v) is 13.6. The zero-order chi connectivity index (χ0) is 15.5. The number of hydrogen-bond acceptors (Lipinski definition) is 3. The average Bonchev–Trinajstić information content (AvgIpc) is 3.14. The monoisotopic (exact) mass is 315 g/mol. The molecule has 1 aromatic heterocycles. The number of carbonyl (C=O) groups is 1. The first-order valence-corrected chi connectivity index (χ1v) is 8.48. The summed E-state index contributed by atoms with van der Waals surface area (Å²) in [4.78, 5) is 15.4. The number of anilines is 2. The lowest BCUT2D eigenvalue weighted by atomic mass is 10.1. The number of urea groups is 1. The molecular weight excluding hydrogens is 294 g/mol. The van der Waals surface area contributed by atoms with E-state index in [1.54, 1.807) is 11.3 Å². The van der Waals surface area contributed by atoms with Crippen molar-refractivity contribution >= 4 is 28.7 Å². The molecule has 2 aromatic rings. The quantitative estimate of drug-likeness (QED) is 0.845. The average molecular weight is 315 g/mol. The van der Waals surface area contributed by atoms with Crippen LogP contribution in [0.5, 0.6) is 0 Å². The van der Waals surface area contributed by atoms with Crippen molar-refractivity contribution in [2.75, 3.05) is 24.1 Å². The molecule has 0 spiro atoms. The van der Waals surface area contributed by atoms with Crippen molar-refractivity contribution in [2.24, 2.45) is 0 Å². The molecule has 3 N–H and O–H groups in total. The van der Waals surface area contributed by atoms with Crippen molar-refractivity contribution in [1.82, 2.24) is 4.90 Å². The molecule has 2 heterocycles. The Morgan fingerprint density at radius 1 is 1.32 bits per heavy atom. The topological polar surface area (TPSA) is 58.4 Å². The van der Waals surface area contributed by atoms with Crippen LogP contribution in [0.3, 0.4) is 0 Å². The second kappa shape index (κ2) is 6.40. The van der Waals surface area contributed by atoms with Gasteiger partial charge in [0, 0.05) is 24.4 Å². The Balaban J connectivity index is 1.73. The molecule has 1 saturated heterocycles. The fourth-order valence-electron chi connectivity index (χ4n) is 2.72. The van der Waals surface area contributed by atoms with Crippen molar-refractivity contribution in [1.29, 1.82) is 0 Å². The first kappa shape index (κ1) is 14.9. The predicted molar refractivity (Wildman–Crippen MR) is 92.5 cm³/mol. The molecule has 22 heavy (non-hydrogen) atoms. The molecule has 3 rings (SSSR count). The Kier molecular flexibility index (Phi) is 4.34. The summed E-state index contributed by atoms with van der Waals surface area (Å²) in [6.07, 6.45) is 3.03. The van der Waals surface area contributed by atoms with Gasteiger partial charge in [0.1, 0.15) is 0 Å². The number of nitrogens with two attached hydrogens (primary N) is 1. The van der Waals surface area contributed by atoms with E-state index in [0.29, 0.717) is 11.4 Å². The molecule has 0 saturated carbocycles. The Morgan fingerprint density at radius 3 is 2.77 bits per heavy atom. The molecule has 0 unspecified atom stereocenters. The maximum atomic E-state index is 12.2. The van der Waals surface area contributed by atoms with E-state index >= 15 is 0 Å². The molecule has 0 bridgehead atoms. The highest BCUT2D eigenvalue weighted by atomic mass is 32.1. The summed E-state index contributed by atoms with van der Waals surface area (Å²) < 4.78 is 0. The number of likely N-dealkylation sites (tertiary alicyclic amines) is 1. The number of benzene rings is 1. The Labute approximate surface area is 134 Å². The summed E-state index contributed by atoms with van der Waals surface area (Å²) >= 11 is 1.76. The third-order valence-corrected chi connectivity index (χ3v) is 4.97. The molecule has 0 atom stereocenters. The highest BCUT2D eigenvalue weighted by molar-refractivity contribution is 7.10. The number of nitrogens with zero attached hydrogens (tertiary/aromatic N) is 1. The molecule has 5 heteroatoms. The fourth-order valence-corrected chi connectivity index (χ4v) is 3.63. The lowest BCUT2D eigenvalue weighted by Crippen LogP contribution is -2.32. The maximum Gasteiger partial charge on any atom is 0.321 e. The lowest BCUT2D eigenvalue weighted by Gasteiger charge is -2.17. The van der Waals surface area contributed by atoms with Gasteiger partial charge in [0.15, 0.2) is 0 Å².